The van der Waals surface area contributed by atoms with Crippen LogP contribution in [-0.4, -0.2) is 24.2 Å². The molecule has 1 aromatic carbocycles. The predicted octanol–water partition coefficient (Wildman–Crippen LogP) is 3.42. The van der Waals surface area contributed by atoms with E-state index >= 15 is 0 Å². The standard InChI is InChI=1S/C15H18BrN3O/c1-9-10(4-5-20-9)7-19-15-12-6-11(16)2-3-14(12)18-8-13(15)17/h2-3,6,8-10H,4-5,7,17H2,1H3,(H,18,19). The lowest BCUT2D eigenvalue weighted by Gasteiger charge is -2.18. The Bertz CT molecular complexity index is 627. The second kappa shape index (κ2) is 5.58. The van der Waals surface area contributed by atoms with Gasteiger partial charge in [0.1, 0.15) is 0 Å². The van der Waals surface area contributed by atoms with Crippen molar-refractivity contribution in [3.05, 3.63) is 28.9 Å². The Balaban J connectivity index is 1.89. The number of nitrogens with zero attached hydrogens (tertiary/aromatic N) is 1. The molecule has 2 unspecified atom stereocenters. The third-order valence-electron chi connectivity index (χ3n) is 3.93. The van der Waals surface area contributed by atoms with Crippen LogP contribution in [0.1, 0.15) is 13.3 Å². The number of hydrogen-bond donors (Lipinski definition) is 2. The summed E-state index contributed by atoms with van der Waals surface area (Å²) in [6, 6.07) is 6.03. The number of hydrogen-bond acceptors (Lipinski definition) is 4. The number of pyridine rings is 1. The normalized spacial score (nSPS) is 22.3. The minimum atomic E-state index is 0.309. The van der Waals surface area contributed by atoms with E-state index in [0.29, 0.717) is 17.7 Å². The first-order chi connectivity index (χ1) is 9.65. The third kappa shape index (κ3) is 2.60. The van der Waals surface area contributed by atoms with Gasteiger partial charge in [-0.3, -0.25) is 4.98 Å². The van der Waals surface area contributed by atoms with Gasteiger partial charge >= 0.3 is 0 Å². The van der Waals surface area contributed by atoms with Gasteiger partial charge in [0.2, 0.25) is 0 Å². The molecule has 2 aromatic rings. The average Bonchev–Trinajstić information content (AvgIpc) is 2.83. The molecular weight excluding hydrogens is 318 g/mol. The number of nitrogens with one attached hydrogen (secondary N) is 1. The molecule has 3 rings (SSSR count). The minimum Gasteiger partial charge on any atom is -0.396 e. The van der Waals surface area contributed by atoms with Crippen LogP contribution < -0.4 is 11.1 Å². The molecule has 1 aliphatic rings. The van der Waals surface area contributed by atoms with Gasteiger partial charge in [0.15, 0.2) is 0 Å². The number of ether oxygens (including phenoxy) is 1. The van der Waals surface area contributed by atoms with Crippen molar-refractivity contribution < 1.29 is 4.74 Å². The lowest BCUT2D eigenvalue weighted by molar-refractivity contribution is 0.108. The van der Waals surface area contributed by atoms with Gasteiger partial charge in [-0.15, -0.1) is 0 Å². The number of fused-ring (bicyclic) bond motifs is 1. The third-order valence-corrected chi connectivity index (χ3v) is 4.43. The molecule has 2 atom stereocenters. The van der Waals surface area contributed by atoms with E-state index in [1.165, 1.54) is 0 Å². The van der Waals surface area contributed by atoms with Crippen LogP contribution in [0.5, 0.6) is 0 Å². The van der Waals surface area contributed by atoms with Crippen LogP contribution in [0.4, 0.5) is 11.4 Å². The van der Waals surface area contributed by atoms with E-state index in [4.69, 9.17) is 10.5 Å². The number of benzene rings is 1. The van der Waals surface area contributed by atoms with E-state index in [1.54, 1.807) is 6.20 Å². The Morgan fingerprint density at radius 3 is 3.10 bits per heavy atom. The zero-order valence-electron chi connectivity index (χ0n) is 11.4. The highest BCUT2D eigenvalue weighted by Gasteiger charge is 2.24. The van der Waals surface area contributed by atoms with Crippen LogP contribution in [0.3, 0.4) is 0 Å². The molecule has 4 nitrogen and oxygen atoms in total. The van der Waals surface area contributed by atoms with Crippen LogP contribution in [0.2, 0.25) is 0 Å². The highest BCUT2D eigenvalue weighted by Crippen LogP contribution is 2.31. The predicted molar refractivity (Wildman–Crippen MR) is 85.9 cm³/mol. The van der Waals surface area contributed by atoms with Crippen molar-refractivity contribution >= 4 is 38.2 Å². The minimum absolute atomic E-state index is 0.309. The topological polar surface area (TPSA) is 60.2 Å². The highest BCUT2D eigenvalue weighted by molar-refractivity contribution is 9.10. The summed E-state index contributed by atoms with van der Waals surface area (Å²) >= 11 is 3.50. The Morgan fingerprint density at radius 1 is 1.50 bits per heavy atom. The van der Waals surface area contributed by atoms with Gasteiger partial charge in [0.05, 0.1) is 29.2 Å². The molecule has 0 saturated carbocycles. The van der Waals surface area contributed by atoms with Crippen molar-refractivity contribution in [2.45, 2.75) is 19.4 Å². The molecule has 1 fully saturated rings. The SMILES string of the molecule is CC1OCCC1CNc1c(N)cnc2ccc(Br)cc12. The summed E-state index contributed by atoms with van der Waals surface area (Å²) in [5.41, 5.74) is 8.68. The van der Waals surface area contributed by atoms with Crippen LogP contribution in [0.25, 0.3) is 10.9 Å². The zero-order valence-corrected chi connectivity index (χ0v) is 13.0. The maximum Gasteiger partial charge on any atom is 0.0743 e. The molecule has 0 aliphatic carbocycles. The summed E-state index contributed by atoms with van der Waals surface area (Å²) in [4.78, 5) is 4.37. The molecule has 1 aromatic heterocycles. The fourth-order valence-corrected chi connectivity index (χ4v) is 3.02. The molecule has 106 valence electrons. The molecule has 0 radical (unpaired) electrons. The van der Waals surface area contributed by atoms with Gasteiger partial charge in [-0.1, -0.05) is 15.9 Å². The van der Waals surface area contributed by atoms with E-state index in [2.05, 4.69) is 39.2 Å². The first kappa shape index (κ1) is 13.6. The Labute approximate surface area is 126 Å². The largest absolute Gasteiger partial charge is 0.396 e. The number of nitrogens with two attached hydrogens (primary N) is 1. The number of nitrogen functional groups attached to an aromatic ring is 1. The lowest BCUT2D eigenvalue weighted by Crippen LogP contribution is -2.21. The lowest BCUT2D eigenvalue weighted by atomic mass is 10.0. The molecular formula is C15H18BrN3O. The molecule has 0 amide bonds. The Kier molecular flexibility index (Phi) is 3.81. The molecule has 1 aliphatic heterocycles. The number of halogens is 1. The average molecular weight is 336 g/mol. The quantitative estimate of drug-likeness (QED) is 0.902. The summed E-state index contributed by atoms with van der Waals surface area (Å²) < 4.78 is 6.63. The fourth-order valence-electron chi connectivity index (χ4n) is 2.65. The van der Waals surface area contributed by atoms with E-state index in [9.17, 15) is 0 Å². The van der Waals surface area contributed by atoms with Gasteiger partial charge in [0.25, 0.3) is 0 Å². The van der Waals surface area contributed by atoms with Gasteiger partial charge in [0, 0.05) is 28.9 Å². The zero-order chi connectivity index (χ0) is 14.1. The summed E-state index contributed by atoms with van der Waals surface area (Å²) in [5.74, 6) is 0.532. The van der Waals surface area contributed by atoms with E-state index in [1.807, 2.05) is 12.1 Å². The smallest absolute Gasteiger partial charge is 0.0743 e. The van der Waals surface area contributed by atoms with E-state index in [0.717, 1.165) is 40.6 Å². The number of aromatic nitrogens is 1. The first-order valence-corrected chi connectivity index (χ1v) is 7.63. The van der Waals surface area contributed by atoms with Crippen molar-refractivity contribution in [2.75, 3.05) is 24.2 Å². The summed E-state index contributed by atoms with van der Waals surface area (Å²) in [6.07, 6.45) is 3.12. The molecule has 0 spiro atoms. The Morgan fingerprint density at radius 2 is 2.35 bits per heavy atom. The molecule has 3 N–H and O–H groups in total. The van der Waals surface area contributed by atoms with E-state index < -0.39 is 0 Å². The van der Waals surface area contributed by atoms with Crippen molar-refractivity contribution in [1.29, 1.82) is 0 Å². The van der Waals surface area contributed by atoms with Crippen LogP contribution >= 0.6 is 15.9 Å². The van der Waals surface area contributed by atoms with Crippen LogP contribution in [0.15, 0.2) is 28.9 Å². The molecule has 5 heteroatoms. The second-order valence-corrected chi connectivity index (χ2v) is 6.17. The van der Waals surface area contributed by atoms with Gasteiger partial charge in [-0.2, -0.15) is 0 Å². The van der Waals surface area contributed by atoms with Gasteiger partial charge < -0.3 is 15.8 Å². The van der Waals surface area contributed by atoms with Crippen molar-refractivity contribution in [3.8, 4) is 0 Å². The molecule has 20 heavy (non-hydrogen) atoms. The van der Waals surface area contributed by atoms with Gasteiger partial charge in [-0.05, 0) is 31.5 Å². The van der Waals surface area contributed by atoms with Crippen molar-refractivity contribution in [2.24, 2.45) is 5.92 Å². The van der Waals surface area contributed by atoms with E-state index in [-0.39, 0.29) is 0 Å². The maximum atomic E-state index is 6.08. The van der Waals surface area contributed by atoms with Crippen molar-refractivity contribution in [1.82, 2.24) is 4.98 Å². The fraction of sp³-hybridized carbons (Fsp3) is 0.400. The molecule has 0 bridgehead atoms. The van der Waals surface area contributed by atoms with Gasteiger partial charge in [-0.25, -0.2) is 0 Å². The van der Waals surface area contributed by atoms with Crippen LogP contribution in [0, 0.1) is 5.92 Å². The van der Waals surface area contributed by atoms with Crippen LogP contribution in [-0.2, 0) is 4.74 Å². The monoisotopic (exact) mass is 335 g/mol. The van der Waals surface area contributed by atoms with Crippen molar-refractivity contribution in [3.63, 3.8) is 0 Å². The highest BCUT2D eigenvalue weighted by atomic mass is 79.9. The molecule has 2 heterocycles. The first-order valence-electron chi connectivity index (χ1n) is 6.84. The maximum absolute atomic E-state index is 6.08. The Hall–Kier alpha value is -1.33. The number of rotatable bonds is 3. The second-order valence-electron chi connectivity index (χ2n) is 5.26. The summed E-state index contributed by atoms with van der Waals surface area (Å²) in [6.45, 7) is 3.85. The summed E-state index contributed by atoms with van der Waals surface area (Å²) in [5, 5.41) is 4.54. The molecule has 1 saturated heterocycles. The number of anilines is 2. The summed E-state index contributed by atoms with van der Waals surface area (Å²) in [7, 11) is 0.